The van der Waals surface area contributed by atoms with Gasteiger partial charge in [0.2, 0.25) is 10.0 Å². The van der Waals surface area contributed by atoms with Gasteiger partial charge in [0.25, 0.3) is 0 Å². The Labute approximate surface area is 119 Å². The van der Waals surface area contributed by atoms with Crippen LogP contribution in [-0.4, -0.2) is 18.7 Å². The molecule has 3 N–H and O–H groups in total. The fourth-order valence-corrected chi connectivity index (χ4v) is 4.05. The Balaban J connectivity index is 2.09. The van der Waals surface area contributed by atoms with E-state index in [0.29, 0.717) is 10.7 Å². The van der Waals surface area contributed by atoms with Crippen molar-refractivity contribution in [1.82, 2.24) is 0 Å². The Morgan fingerprint density at radius 2 is 1.74 bits per heavy atom. The fraction of sp³-hybridized carbons (Fsp3) is 0.462. The quantitative estimate of drug-likeness (QED) is 0.837. The maximum Gasteiger partial charge on any atom is 0.235 e. The average molecular weight is 298 g/mol. The minimum absolute atomic E-state index is 0.267. The van der Waals surface area contributed by atoms with E-state index in [-0.39, 0.29) is 5.25 Å². The zero-order chi connectivity index (χ0) is 13.9. The predicted octanol–water partition coefficient (Wildman–Crippen LogP) is 2.40. The number of benzene rings is 1. The van der Waals surface area contributed by atoms with Crippen molar-refractivity contribution in [3.8, 4) is 0 Å². The van der Waals surface area contributed by atoms with Gasteiger partial charge in [0.05, 0.1) is 5.25 Å². The zero-order valence-electron chi connectivity index (χ0n) is 10.6. The molecule has 0 unspecified atom stereocenters. The standard InChI is InChI=1S/C13H18N2O2S2/c14-13(18)10-6-8-11(9-7-10)15-19(16,17)12-4-2-1-3-5-12/h6-9,12,15H,1-5H2,(H2,14,18). The summed E-state index contributed by atoms with van der Waals surface area (Å²) in [4.78, 5) is 0.307. The van der Waals surface area contributed by atoms with Crippen LogP contribution in [0.2, 0.25) is 0 Å². The van der Waals surface area contributed by atoms with Crippen LogP contribution in [0.25, 0.3) is 0 Å². The highest BCUT2D eigenvalue weighted by atomic mass is 32.2. The number of nitrogens with one attached hydrogen (secondary N) is 1. The van der Waals surface area contributed by atoms with E-state index in [1.807, 2.05) is 0 Å². The Kier molecular flexibility index (Phi) is 4.42. The number of thiocarbonyl (C=S) groups is 1. The molecule has 0 saturated heterocycles. The molecule has 0 spiro atoms. The van der Waals surface area contributed by atoms with Gasteiger partial charge in [-0.25, -0.2) is 8.42 Å². The summed E-state index contributed by atoms with van der Waals surface area (Å²) in [5.74, 6) is 0. The van der Waals surface area contributed by atoms with Crippen molar-refractivity contribution in [1.29, 1.82) is 0 Å². The summed E-state index contributed by atoms with van der Waals surface area (Å²) in [5.41, 5.74) is 6.79. The topological polar surface area (TPSA) is 72.2 Å². The van der Waals surface area contributed by atoms with Gasteiger partial charge in [-0.05, 0) is 37.1 Å². The first kappa shape index (κ1) is 14.3. The van der Waals surface area contributed by atoms with Gasteiger partial charge in [0, 0.05) is 11.3 Å². The van der Waals surface area contributed by atoms with Crippen molar-refractivity contribution in [3.63, 3.8) is 0 Å². The number of sulfonamides is 1. The van der Waals surface area contributed by atoms with E-state index in [2.05, 4.69) is 4.72 Å². The van der Waals surface area contributed by atoms with E-state index in [9.17, 15) is 8.42 Å². The van der Waals surface area contributed by atoms with Crippen LogP contribution in [0.4, 0.5) is 5.69 Å². The summed E-state index contributed by atoms with van der Waals surface area (Å²) in [5, 5.41) is -0.267. The summed E-state index contributed by atoms with van der Waals surface area (Å²) in [6.07, 6.45) is 4.62. The summed E-state index contributed by atoms with van der Waals surface area (Å²) < 4.78 is 27.1. The third-order valence-electron chi connectivity index (χ3n) is 3.42. The third kappa shape index (κ3) is 3.67. The highest BCUT2D eigenvalue weighted by molar-refractivity contribution is 7.93. The minimum atomic E-state index is -3.28. The van der Waals surface area contributed by atoms with Gasteiger partial charge in [-0.2, -0.15) is 0 Å². The molecule has 1 saturated carbocycles. The normalized spacial score (nSPS) is 17.1. The lowest BCUT2D eigenvalue weighted by Gasteiger charge is -2.22. The number of rotatable bonds is 4. The lowest BCUT2D eigenvalue weighted by molar-refractivity contribution is 0.486. The Hall–Kier alpha value is -1.14. The average Bonchev–Trinajstić information content (AvgIpc) is 2.40. The highest BCUT2D eigenvalue weighted by Gasteiger charge is 2.26. The maximum absolute atomic E-state index is 12.2. The summed E-state index contributed by atoms with van der Waals surface area (Å²) >= 11 is 4.86. The highest BCUT2D eigenvalue weighted by Crippen LogP contribution is 2.25. The van der Waals surface area contributed by atoms with Crippen LogP contribution >= 0.6 is 12.2 Å². The third-order valence-corrected chi connectivity index (χ3v) is 5.53. The second-order valence-electron chi connectivity index (χ2n) is 4.85. The molecule has 6 heteroatoms. The molecule has 1 aliphatic rings. The van der Waals surface area contributed by atoms with E-state index >= 15 is 0 Å². The molecule has 1 aromatic rings. The molecule has 0 aromatic heterocycles. The van der Waals surface area contributed by atoms with Gasteiger partial charge >= 0.3 is 0 Å². The SMILES string of the molecule is NC(=S)c1ccc(NS(=O)(=O)C2CCCCC2)cc1. The van der Waals surface area contributed by atoms with Crippen molar-refractivity contribution in [3.05, 3.63) is 29.8 Å². The van der Waals surface area contributed by atoms with Crippen molar-refractivity contribution in [2.45, 2.75) is 37.4 Å². The van der Waals surface area contributed by atoms with Crippen LogP contribution in [0.1, 0.15) is 37.7 Å². The molecule has 0 radical (unpaired) electrons. The van der Waals surface area contributed by atoms with Crippen LogP contribution in [0.5, 0.6) is 0 Å². The summed E-state index contributed by atoms with van der Waals surface area (Å²) in [6, 6.07) is 6.83. The second kappa shape index (κ2) is 5.88. The van der Waals surface area contributed by atoms with Crippen molar-refractivity contribution in [2.75, 3.05) is 4.72 Å². The first-order valence-corrected chi connectivity index (χ1v) is 8.36. The summed E-state index contributed by atoms with van der Waals surface area (Å²) in [7, 11) is -3.28. The van der Waals surface area contributed by atoms with Gasteiger partial charge in [-0.3, -0.25) is 4.72 Å². The molecule has 0 aliphatic heterocycles. The molecule has 19 heavy (non-hydrogen) atoms. The van der Waals surface area contributed by atoms with Crippen LogP contribution in [0, 0.1) is 0 Å². The maximum atomic E-state index is 12.2. The molecule has 0 bridgehead atoms. The largest absolute Gasteiger partial charge is 0.389 e. The lowest BCUT2D eigenvalue weighted by Crippen LogP contribution is -2.29. The molecule has 0 atom stereocenters. The predicted molar refractivity (Wildman–Crippen MR) is 81.7 cm³/mol. The molecule has 104 valence electrons. The fourth-order valence-electron chi connectivity index (χ4n) is 2.33. The molecule has 0 heterocycles. The number of nitrogens with two attached hydrogens (primary N) is 1. The molecule has 1 aliphatic carbocycles. The van der Waals surface area contributed by atoms with Gasteiger partial charge in [-0.1, -0.05) is 31.5 Å². The number of hydrogen-bond donors (Lipinski definition) is 2. The Bertz CT molecular complexity index is 547. The minimum Gasteiger partial charge on any atom is -0.389 e. The second-order valence-corrected chi connectivity index (χ2v) is 7.25. The van der Waals surface area contributed by atoms with Gasteiger partial charge in [0.1, 0.15) is 4.99 Å². The molecule has 2 rings (SSSR count). The zero-order valence-corrected chi connectivity index (χ0v) is 12.3. The van der Waals surface area contributed by atoms with E-state index in [1.165, 1.54) is 0 Å². The molecule has 1 fully saturated rings. The molecule has 0 amide bonds. The van der Waals surface area contributed by atoms with Crippen LogP contribution in [0.15, 0.2) is 24.3 Å². The lowest BCUT2D eigenvalue weighted by atomic mass is 10.0. The monoisotopic (exact) mass is 298 g/mol. The van der Waals surface area contributed by atoms with Crippen LogP contribution < -0.4 is 10.5 Å². The molecular formula is C13H18N2O2S2. The van der Waals surface area contributed by atoms with Crippen LogP contribution in [-0.2, 0) is 10.0 Å². The van der Waals surface area contributed by atoms with Gasteiger partial charge < -0.3 is 5.73 Å². The van der Waals surface area contributed by atoms with Crippen molar-refractivity contribution >= 4 is 32.9 Å². The molecule has 4 nitrogen and oxygen atoms in total. The summed E-state index contributed by atoms with van der Waals surface area (Å²) in [6.45, 7) is 0. The van der Waals surface area contributed by atoms with Crippen LogP contribution in [0.3, 0.4) is 0 Å². The van der Waals surface area contributed by atoms with E-state index in [0.717, 1.165) is 37.7 Å². The van der Waals surface area contributed by atoms with E-state index in [1.54, 1.807) is 24.3 Å². The van der Waals surface area contributed by atoms with E-state index in [4.69, 9.17) is 18.0 Å². The van der Waals surface area contributed by atoms with Gasteiger partial charge in [-0.15, -0.1) is 0 Å². The smallest absolute Gasteiger partial charge is 0.235 e. The van der Waals surface area contributed by atoms with E-state index < -0.39 is 10.0 Å². The van der Waals surface area contributed by atoms with Gasteiger partial charge in [0.15, 0.2) is 0 Å². The number of anilines is 1. The first-order chi connectivity index (χ1) is 8.99. The number of hydrogen-bond acceptors (Lipinski definition) is 3. The molecule has 1 aromatic carbocycles. The van der Waals surface area contributed by atoms with Crippen molar-refractivity contribution in [2.24, 2.45) is 5.73 Å². The Morgan fingerprint density at radius 1 is 1.16 bits per heavy atom. The Morgan fingerprint density at radius 3 is 2.26 bits per heavy atom. The first-order valence-electron chi connectivity index (χ1n) is 6.40. The molecular weight excluding hydrogens is 280 g/mol. The van der Waals surface area contributed by atoms with Crippen molar-refractivity contribution < 1.29 is 8.42 Å².